The van der Waals surface area contributed by atoms with Crippen molar-refractivity contribution in [2.75, 3.05) is 4.90 Å². The van der Waals surface area contributed by atoms with Crippen molar-refractivity contribution < 1.29 is 53.5 Å². The number of benzene rings is 2. The summed E-state index contributed by atoms with van der Waals surface area (Å²) in [6.07, 6.45) is -15.5. The summed E-state index contributed by atoms with van der Waals surface area (Å²) in [4.78, 5) is 26.7. The Balaban J connectivity index is 2.06. The Bertz CT molecular complexity index is 1150. The number of rotatable bonds is 3. The monoisotopic (exact) mass is 516 g/mol. The van der Waals surface area contributed by atoms with Crippen LogP contribution in [-0.2, 0) is 29.9 Å². The van der Waals surface area contributed by atoms with Crippen LogP contribution in [0, 0.1) is 5.82 Å². The van der Waals surface area contributed by atoms with Gasteiger partial charge in [0.25, 0.3) is 5.91 Å². The first-order valence-electron chi connectivity index (χ1n) is 9.56. The number of carbonyl (C=O) groups is 2. The second-order valence-corrected chi connectivity index (χ2v) is 8.14. The van der Waals surface area contributed by atoms with E-state index in [-0.39, 0.29) is 17.0 Å². The van der Waals surface area contributed by atoms with Crippen molar-refractivity contribution in [1.82, 2.24) is 4.90 Å². The minimum Gasteiger partial charge on any atom is -0.305 e. The van der Waals surface area contributed by atoms with Gasteiger partial charge in [0.05, 0.1) is 22.4 Å². The van der Waals surface area contributed by atoms with Gasteiger partial charge in [-0.05, 0) is 55.8 Å². The number of anilines is 1. The zero-order valence-corrected chi connectivity index (χ0v) is 17.7. The van der Waals surface area contributed by atoms with E-state index in [1.54, 1.807) is 0 Å². The van der Waals surface area contributed by atoms with E-state index >= 15 is 0 Å². The maximum Gasteiger partial charge on any atom is 0.419 e. The summed E-state index contributed by atoms with van der Waals surface area (Å²) in [6.45, 7) is 1.31. The third-order valence-corrected chi connectivity index (χ3v) is 5.33. The van der Waals surface area contributed by atoms with Crippen molar-refractivity contribution in [1.29, 1.82) is 0 Å². The van der Waals surface area contributed by atoms with E-state index in [1.807, 2.05) is 0 Å². The Morgan fingerprint density at radius 1 is 0.771 bits per heavy atom. The van der Waals surface area contributed by atoms with Gasteiger partial charge in [0, 0.05) is 6.54 Å². The number of urea groups is 1. The Hall–Kier alpha value is -3.32. The fraction of sp³-hybridized carbons (Fsp3) is 0.333. The van der Waals surface area contributed by atoms with Crippen molar-refractivity contribution in [3.05, 3.63) is 64.5 Å². The number of halogens is 10. The van der Waals surface area contributed by atoms with Crippen LogP contribution >= 0.6 is 0 Å². The molecule has 0 saturated carbocycles. The molecule has 4 nitrogen and oxygen atoms in total. The highest BCUT2D eigenvalue weighted by Gasteiger charge is 2.52. The molecular weight excluding hydrogens is 502 g/mol. The molecule has 1 aliphatic rings. The summed E-state index contributed by atoms with van der Waals surface area (Å²) in [7, 11) is 0. The highest BCUT2D eigenvalue weighted by Crippen LogP contribution is 2.40. The molecule has 0 radical (unpaired) electrons. The molecule has 14 heteroatoms. The molecule has 2 aromatic carbocycles. The summed E-state index contributed by atoms with van der Waals surface area (Å²) >= 11 is 0. The normalized spacial score (nSPS) is 16.9. The van der Waals surface area contributed by atoms with E-state index in [0.717, 1.165) is 13.8 Å². The first-order chi connectivity index (χ1) is 15.7. The minimum atomic E-state index is -5.17. The maximum absolute atomic E-state index is 13.6. The van der Waals surface area contributed by atoms with Crippen LogP contribution in [0.4, 0.5) is 54.4 Å². The SMILES string of the molecule is CC1(C)C(=O)N(c2ccc(F)c(C(F)(F)F)c2)C(=O)N1Cc1cc(C(F)(F)F)cc(C(F)(F)F)c1. The molecule has 0 aliphatic carbocycles. The highest BCUT2D eigenvalue weighted by molar-refractivity contribution is 6.22. The third kappa shape index (κ3) is 4.91. The molecule has 190 valence electrons. The molecule has 3 amide bonds. The summed E-state index contributed by atoms with van der Waals surface area (Å²) in [5.74, 6) is -2.80. The van der Waals surface area contributed by atoms with Gasteiger partial charge in [-0.1, -0.05) is 0 Å². The molecule has 0 spiro atoms. The van der Waals surface area contributed by atoms with Crippen LogP contribution in [0.15, 0.2) is 36.4 Å². The summed E-state index contributed by atoms with van der Waals surface area (Å²) in [5, 5.41) is 0. The number of carbonyl (C=O) groups excluding carboxylic acids is 2. The summed E-state index contributed by atoms with van der Waals surface area (Å²) in [5.41, 5.74) is -8.26. The number of hydrogen-bond acceptors (Lipinski definition) is 2. The van der Waals surface area contributed by atoms with Gasteiger partial charge >= 0.3 is 24.6 Å². The molecule has 0 unspecified atom stereocenters. The smallest absolute Gasteiger partial charge is 0.305 e. The number of hydrogen-bond donors (Lipinski definition) is 0. The molecule has 1 fully saturated rings. The minimum absolute atomic E-state index is 0.116. The van der Waals surface area contributed by atoms with Gasteiger partial charge in [-0.15, -0.1) is 0 Å². The quantitative estimate of drug-likeness (QED) is 0.340. The number of imide groups is 1. The zero-order valence-electron chi connectivity index (χ0n) is 17.7. The van der Waals surface area contributed by atoms with Gasteiger partial charge in [0.2, 0.25) is 0 Å². The maximum atomic E-state index is 13.6. The topological polar surface area (TPSA) is 40.6 Å². The lowest BCUT2D eigenvalue weighted by Crippen LogP contribution is -2.43. The van der Waals surface area contributed by atoms with E-state index in [9.17, 15) is 53.5 Å². The second kappa shape index (κ2) is 8.12. The first kappa shape index (κ1) is 26.3. The second-order valence-electron chi connectivity index (χ2n) is 8.14. The van der Waals surface area contributed by atoms with Gasteiger partial charge in [0.15, 0.2) is 0 Å². The molecule has 1 heterocycles. The average molecular weight is 516 g/mol. The highest BCUT2D eigenvalue weighted by atomic mass is 19.4. The molecule has 2 aromatic rings. The van der Waals surface area contributed by atoms with Crippen LogP contribution in [-0.4, -0.2) is 22.4 Å². The molecule has 0 N–H and O–H groups in total. The lowest BCUT2D eigenvalue weighted by Gasteiger charge is -2.28. The van der Waals surface area contributed by atoms with Gasteiger partial charge in [-0.25, -0.2) is 14.1 Å². The van der Waals surface area contributed by atoms with E-state index in [1.165, 1.54) is 0 Å². The van der Waals surface area contributed by atoms with Crippen LogP contribution in [0.25, 0.3) is 0 Å². The van der Waals surface area contributed by atoms with Gasteiger partial charge in [0.1, 0.15) is 11.4 Å². The van der Waals surface area contributed by atoms with E-state index in [4.69, 9.17) is 0 Å². The van der Waals surface area contributed by atoms with Crippen LogP contribution in [0.1, 0.15) is 36.1 Å². The summed E-state index contributed by atoms with van der Waals surface area (Å²) in [6, 6.07) is 0.594. The molecule has 0 bridgehead atoms. The Morgan fingerprint density at radius 3 is 1.74 bits per heavy atom. The molecule has 0 aromatic heterocycles. The molecule has 1 saturated heterocycles. The third-order valence-electron chi connectivity index (χ3n) is 5.33. The largest absolute Gasteiger partial charge is 0.419 e. The van der Waals surface area contributed by atoms with E-state index < -0.39 is 76.3 Å². The van der Waals surface area contributed by atoms with Crippen LogP contribution in [0.3, 0.4) is 0 Å². The Morgan fingerprint density at radius 2 is 1.29 bits per heavy atom. The van der Waals surface area contributed by atoms with Crippen LogP contribution in [0.5, 0.6) is 0 Å². The Kier molecular flexibility index (Phi) is 6.10. The van der Waals surface area contributed by atoms with Crippen molar-refractivity contribution in [3.63, 3.8) is 0 Å². The van der Waals surface area contributed by atoms with Gasteiger partial charge < -0.3 is 4.90 Å². The fourth-order valence-corrected chi connectivity index (χ4v) is 3.49. The van der Waals surface area contributed by atoms with Crippen LogP contribution < -0.4 is 4.90 Å². The number of amides is 3. The van der Waals surface area contributed by atoms with Gasteiger partial charge in [-0.3, -0.25) is 4.79 Å². The summed E-state index contributed by atoms with van der Waals surface area (Å²) < 4.78 is 132. The lowest BCUT2D eigenvalue weighted by atomic mass is 10.0. The predicted octanol–water partition coefficient (Wildman–Crippen LogP) is 6.63. The zero-order chi connectivity index (χ0) is 26.7. The van der Waals surface area contributed by atoms with Crippen molar-refractivity contribution >= 4 is 17.6 Å². The van der Waals surface area contributed by atoms with Crippen molar-refractivity contribution in [2.24, 2.45) is 0 Å². The molecular formula is C21H14F10N2O2. The van der Waals surface area contributed by atoms with E-state index in [2.05, 4.69) is 0 Å². The number of alkyl halides is 9. The molecule has 0 atom stereocenters. The van der Waals surface area contributed by atoms with Crippen molar-refractivity contribution in [2.45, 2.75) is 44.5 Å². The predicted molar refractivity (Wildman–Crippen MR) is 100 cm³/mol. The van der Waals surface area contributed by atoms with E-state index in [0.29, 0.717) is 29.2 Å². The Labute approximate surface area is 190 Å². The van der Waals surface area contributed by atoms with Crippen molar-refractivity contribution in [3.8, 4) is 0 Å². The fourth-order valence-electron chi connectivity index (χ4n) is 3.49. The van der Waals surface area contributed by atoms with Gasteiger partial charge in [-0.2, -0.15) is 39.5 Å². The number of nitrogens with zero attached hydrogens (tertiary/aromatic N) is 2. The van der Waals surface area contributed by atoms with Crippen LogP contribution in [0.2, 0.25) is 0 Å². The molecule has 1 aliphatic heterocycles. The molecule has 35 heavy (non-hydrogen) atoms. The average Bonchev–Trinajstić information content (AvgIpc) is 2.86. The standard InChI is InChI=1S/C21H14F10N2O2/c1-18(2)16(34)33(13-3-4-15(22)14(8-13)21(29,30)31)17(35)32(18)9-10-5-11(19(23,24)25)7-12(6-10)20(26,27)28/h3-8H,9H2,1-2H3. The molecule has 3 rings (SSSR count). The lowest BCUT2D eigenvalue weighted by molar-refractivity contribution is -0.143. The first-order valence-corrected chi connectivity index (χ1v) is 9.56.